The minimum absolute atomic E-state index is 0.473. The second kappa shape index (κ2) is 9.05. The van der Waals surface area contributed by atoms with Crippen LogP contribution in [0, 0.1) is 5.41 Å². The van der Waals surface area contributed by atoms with Gasteiger partial charge in [-0.3, -0.25) is 5.41 Å². The van der Waals surface area contributed by atoms with Crippen LogP contribution in [0.3, 0.4) is 0 Å². The van der Waals surface area contributed by atoms with Crippen molar-refractivity contribution in [1.29, 1.82) is 5.41 Å². The van der Waals surface area contributed by atoms with Crippen molar-refractivity contribution in [2.75, 3.05) is 13.3 Å². The van der Waals surface area contributed by atoms with E-state index in [-0.39, 0.29) is 0 Å². The molecular formula is C13H27N3OSi. The lowest BCUT2D eigenvalue weighted by Gasteiger charge is -2.22. The number of nitrogens with one attached hydrogen (secondary N) is 1. The lowest BCUT2D eigenvalue weighted by molar-refractivity contribution is 0.0927. The second-order valence-corrected chi connectivity index (χ2v) is 11.0. The summed E-state index contributed by atoms with van der Waals surface area (Å²) < 4.78 is 5.67. The highest BCUT2D eigenvalue weighted by molar-refractivity contribution is 6.76. The van der Waals surface area contributed by atoms with Crippen LogP contribution in [0.4, 0.5) is 0 Å². The summed E-state index contributed by atoms with van der Waals surface area (Å²) in [5.41, 5.74) is 0. The van der Waals surface area contributed by atoms with Gasteiger partial charge in [0.25, 0.3) is 0 Å². The highest BCUT2D eigenvalue weighted by Gasteiger charge is 2.13. The van der Waals surface area contributed by atoms with Crippen LogP contribution in [-0.4, -0.2) is 38.5 Å². The molecule has 0 radical (unpaired) electrons. The molecule has 0 spiro atoms. The Hall–Kier alpha value is -0.943. The Morgan fingerprint density at radius 3 is 2.56 bits per heavy atom. The van der Waals surface area contributed by atoms with Crippen molar-refractivity contribution in [3.8, 4) is 0 Å². The molecule has 0 saturated heterocycles. The molecule has 104 valence electrons. The van der Waals surface area contributed by atoms with Gasteiger partial charge < -0.3 is 9.64 Å². The van der Waals surface area contributed by atoms with Crippen LogP contribution in [0.1, 0.15) is 19.8 Å². The SMILES string of the molecule is C=CN(COCC[Si](C)(C)C)C(CCC)=NC=N. The lowest BCUT2D eigenvalue weighted by Crippen LogP contribution is -2.29. The average molecular weight is 269 g/mol. The van der Waals surface area contributed by atoms with Crippen LogP contribution in [0.2, 0.25) is 25.7 Å². The molecular weight excluding hydrogens is 242 g/mol. The number of aliphatic imine (C=N–C) groups is 1. The topological polar surface area (TPSA) is 48.7 Å². The van der Waals surface area contributed by atoms with Crippen LogP contribution in [0.25, 0.3) is 0 Å². The zero-order chi connectivity index (χ0) is 14.0. The number of hydrogen-bond donors (Lipinski definition) is 1. The van der Waals surface area contributed by atoms with Gasteiger partial charge in [0.05, 0.1) is 0 Å². The summed E-state index contributed by atoms with van der Waals surface area (Å²) >= 11 is 0. The van der Waals surface area contributed by atoms with E-state index in [0.29, 0.717) is 6.73 Å². The lowest BCUT2D eigenvalue weighted by atomic mass is 10.3. The molecule has 0 aliphatic carbocycles. The van der Waals surface area contributed by atoms with E-state index in [1.807, 2.05) is 4.90 Å². The molecule has 0 amide bonds. The van der Waals surface area contributed by atoms with Gasteiger partial charge in [-0.2, -0.15) is 0 Å². The van der Waals surface area contributed by atoms with E-state index < -0.39 is 8.07 Å². The van der Waals surface area contributed by atoms with Crippen molar-refractivity contribution in [2.24, 2.45) is 4.99 Å². The van der Waals surface area contributed by atoms with Crippen molar-refractivity contribution in [3.63, 3.8) is 0 Å². The Morgan fingerprint density at radius 1 is 1.44 bits per heavy atom. The predicted octanol–water partition coefficient (Wildman–Crippen LogP) is 3.55. The smallest absolute Gasteiger partial charge is 0.123 e. The third kappa shape index (κ3) is 8.19. The molecule has 0 aromatic carbocycles. The quantitative estimate of drug-likeness (QED) is 0.229. The first kappa shape index (κ1) is 17.1. The summed E-state index contributed by atoms with van der Waals surface area (Å²) in [6, 6.07) is 1.16. The van der Waals surface area contributed by atoms with Gasteiger partial charge in [0.1, 0.15) is 18.9 Å². The molecule has 0 fully saturated rings. The Kier molecular flexibility index (Phi) is 8.57. The summed E-state index contributed by atoms with van der Waals surface area (Å²) in [5.74, 6) is 0.843. The molecule has 18 heavy (non-hydrogen) atoms. The molecule has 0 atom stereocenters. The number of amidine groups is 1. The second-order valence-electron chi connectivity index (χ2n) is 5.42. The van der Waals surface area contributed by atoms with Crippen LogP contribution in [0.15, 0.2) is 17.8 Å². The first-order chi connectivity index (χ1) is 8.44. The number of nitrogens with zero attached hydrogens (tertiary/aromatic N) is 2. The number of ether oxygens (including phenoxy) is 1. The molecule has 0 saturated carbocycles. The van der Waals surface area contributed by atoms with Crippen LogP contribution in [0.5, 0.6) is 0 Å². The van der Waals surface area contributed by atoms with Gasteiger partial charge in [0.15, 0.2) is 0 Å². The Morgan fingerprint density at radius 2 is 2.11 bits per heavy atom. The molecule has 5 heteroatoms. The van der Waals surface area contributed by atoms with Gasteiger partial charge in [-0.1, -0.05) is 33.1 Å². The first-order valence-electron chi connectivity index (χ1n) is 6.47. The molecule has 0 unspecified atom stereocenters. The maximum atomic E-state index is 7.07. The maximum absolute atomic E-state index is 7.07. The van der Waals surface area contributed by atoms with E-state index in [0.717, 1.165) is 37.7 Å². The number of hydrogen-bond acceptors (Lipinski definition) is 2. The standard InChI is InChI=1S/C13H27N3OSi/c1-6-8-13(15-11-14)16(7-2)12-17-9-10-18(3,4)5/h7,11,14H,2,6,8-10,12H2,1,3-5H3. The largest absolute Gasteiger partial charge is 0.361 e. The van der Waals surface area contributed by atoms with Gasteiger partial charge in [0, 0.05) is 27.3 Å². The van der Waals surface area contributed by atoms with Crippen molar-refractivity contribution in [3.05, 3.63) is 12.8 Å². The summed E-state index contributed by atoms with van der Waals surface area (Å²) in [7, 11) is -1.03. The van der Waals surface area contributed by atoms with Gasteiger partial charge in [-0.05, 0) is 12.5 Å². The van der Waals surface area contributed by atoms with Crippen molar-refractivity contribution in [2.45, 2.75) is 45.5 Å². The highest BCUT2D eigenvalue weighted by Crippen LogP contribution is 2.08. The fraction of sp³-hybridized carbons (Fsp3) is 0.692. The van der Waals surface area contributed by atoms with E-state index in [4.69, 9.17) is 10.1 Å². The molecule has 0 aliphatic heterocycles. The predicted molar refractivity (Wildman–Crippen MR) is 82.1 cm³/mol. The van der Waals surface area contributed by atoms with Gasteiger partial charge >= 0.3 is 0 Å². The third-order valence-electron chi connectivity index (χ3n) is 2.47. The molecule has 0 aromatic rings. The van der Waals surface area contributed by atoms with Crippen LogP contribution >= 0.6 is 0 Å². The first-order valence-corrected chi connectivity index (χ1v) is 10.2. The summed E-state index contributed by atoms with van der Waals surface area (Å²) in [6.45, 7) is 14.1. The van der Waals surface area contributed by atoms with E-state index in [9.17, 15) is 0 Å². The Labute approximate surface area is 112 Å². The molecule has 0 heterocycles. The van der Waals surface area contributed by atoms with Crippen LogP contribution < -0.4 is 0 Å². The van der Waals surface area contributed by atoms with Crippen LogP contribution in [-0.2, 0) is 4.74 Å². The van der Waals surface area contributed by atoms with E-state index in [1.165, 1.54) is 0 Å². The van der Waals surface area contributed by atoms with E-state index in [1.54, 1.807) is 6.20 Å². The number of rotatable bonds is 9. The fourth-order valence-corrected chi connectivity index (χ4v) is 2.11. The average Bonchev–Trinajstić information content (AvgIpc) is 2.28. The molecule has 0 aromatic heterocycles. The zero-order valence-electron chi connectivity index (χ0n) is 12.2. The monoisotopic (exact) mass is 269 g/mol. The molecule has 1 N–H and O–H groups in total. The molecule has 0 aliphatic rings. The molecule has 0 rings (SSSR count). The fourth-order valence-electron chi connectivity index (χ4n) is 1.35. The minimum Gasteiger partial charge on any atom is -0.361 e. The maximum Gasteiger partial charge on any atom is 0.123 e. The van der Waals surface area contributed by atoms with Crippen molar-refractivity contribution < 1.29 is 4.74 Å². The Balaban J connectivity index is 4.20. The van der Waals surface area contributed by atoms with E-state index >= 15 is 0 Å². The normalized spacial score (nSPS) is 12.3. The summed E-state index contributed by atoms with van der Waals surface area (Å²) in [4.78, 5) is 5.93. The summed E-state index contributed by atoms with van der Waals surface area (Å²) in [6.07, 6.45) is 4.61. The van der Waals surface area contributed by atoms with Gasteiger partial charge in [-0.15, -0.1) is 0 Å². The zero-order valence-corrected chi connectivity index (χ0v) is 13.2. The molecule has 4 nitrogen and oxygen atoms in total. The third-order valence-corrected chi connectivity index (χ3v) is 4.17. The van der Waals surface area contributed by atoms with E-state index in [2.05, 4.69) is 38.1 Å². The van der Waals surface area contributed by atoms with Gasteiger partial charge in [-0.25, -0.2) is 4.99 Å². The minimum atomic E-state index is -1.03. The molecule has 0 bridgehead atoms. The Bertz CT molecular complexity index is 284. The van der Waals surface area contributed by atoms with Crippen molar-refractivity contribution >= 4 is 20.2 Å². The highest BCUT2D eigenvalue weighted by atomic mass is 28.3. The van der Waals surface area contributed by atoms with Gasteiger partial charge in [0.2, 0.25) is 0 Å². The van der Waals surface area contributed by atoms with Crippen molar-refractivity contribution in [1.82, 2.24) is 4.90 Å². The summed E-state index contributed by atoms with van der Waals surface area (Å²) in [5, 5.41) is 7.07.